The van der Waals surface area contributed by atoms with Crippen molar-refractivity contribution < 1.29 is 9.42 Å². The van der Waals surface area contributed by atoms with Gasteiger partial charge in [0.25, 0.3) is 0 Å². The largest absolute Gasteiger partial charge is 0.345 e. The summed E-state index contributed by atoms with van der Waals surface area (Å²) in [5.74, 6) is 0. The van der Waals surface area contributed by atoms with Gasteiger partial charge >= 0.3 is 0 Å². The lowest BCUT2D eigenvalue weighted by molar-refractivity contribution is 0.386. The normalized spacial score (nSPS) is 15.5. The van der Waals surface area contributed by atoms with Crippen LogP contribution in [-0.4, -0.2) is 12.0 Å². The molecule has 1 aromatic rings. The van der Waals surface area contributed by atoms with Gasteiger partial charge in [0.15, 0.2) is 6.49 Å². The Morgan fingerprint density at radius 3 is 2.50 bits per heavy atom. The molecule has 0 aromatic heterocycles. The summed E-state index contributed by atoms with van der Waals surface area (Å²) in [5, 5.41) is 0. The van der Waals surface area contributed by atoms with Gasteiger partial charge in [0.1, 0.15) is 0 Å². The second-order valence-electron chi connectivity index (χ2n) is 2.46. The van der Waals surface area contributed by atoms with Gasteiger partial charge in [-0.1, -0.05) is 30.3 Å². The summed E-state index contributed by atoms with van der Waals surface area (Å²) in [5.41, 5.74) is 1.02. The lowest BCUT2D eigenvalue weighted by Gasteiger charge is -2.11. The molecule has 1 unspecified atom stereocenters. The van der Waals surface area contributed by atoms with Crippen LogP contribution in [0.25, 0.3) is 0 Å². The Kier molecular flexibility index (Phi) is 3.41. The molecular weight excluding hydrogens is 191 g/mol. The van der Waals surface area contributed by atoms with E-state index in [-0.39, 0.29) is 0 Å². The Morgan fingerprint density at radius 1 is 1.42 bits per heavy atom. The van der Waals surface area contributed by atoms with E-state index in [2.05, 4.69) is 0 Å². The van der Waals surface area contributed by atoms with E-state index < -0.39 is 6.49 Å². The van der Waals surface area contributed by atoms with Crippen molar-refractivity contribution in [2.24, 2.45) is 0 Å². The molecule has 2 nitrogen and oxygen atoms in total. The van der Waals surface area contributed by atoms with E-state index in [1.54, 1.807) is 0 Å². The van der Waals surface area contributed by atoms with Crippen molar-refractivity contribution in [2.75, 3.05) is 7.11 Å². The fourth-order valence-electron chi connectivity index (χ4n) is 0.879. The second-order valence-corrected chi connectivity index (χ2v) is 6.13. The Labute approximate surface area is 77.4 Å². The Hall–Kier alpha value is -0.210. The van der Waals surface area contributed by atoms with Crippen LogP contribution in [0.2, 0.25) is 0 Å². The third-order valence-electron chi connectivity index (χ3n) is 1.51. The minimum Gasteiger partial charge on any atom is -0.345 e. The molecule has 66 valence electrons. The monoisotopic (exact) mass is 202 g/mol. The van der Waals surface area contributed by atoms with Crippen molar-refractivity contribution in [1.82, 2.24) is 0 Å². The van der Waals surface area contributed by atoms with Gasteiger partial charge in [0.2, 0.25) is 0 Å². The molecule has 0 saturated carbocycles. The first-order chi connectivity index (χ1) is 5.64. The minimum absolute atomic E-state index is 0.444. The molecule has 0 heterocycles. The van der Waals surface area contributed by atoms with E-state index in [4.69, 9.17) is 16.3 Å². The van der Waals surface area contributed by atoms with Gasteiger partial charge in [-0.2, -0.15) is 0 Å². The Balaban J connectivity index is 2.71. The summed E-state index contributed by atoms with van der Waals surface area (Å²) in [4.78, 5) is 9.48. The summed E-state index contributed by atoms with van der Waals surface area (Å²) >= 11 is 4.87. The number of benzene rings is 1. The molecule has 1 atom stereocenters. The summed E-state index contributed by atoms with van der Waals surface area (Å²) in [7, 11) is 1.45. The highest BCUT2D eigenvalue weighted by molar-refractivity contribution is 8.09. The van der Waals surface area contributed by atoms with Gasteiger partial charge in [0.05, 0.1) is 0 Å². The first-order valence-corrected chi connectivity index (χ1v) is 6.41. The smallest absolute Gasteiger partial charge is 0.190 e. The van der Waals surface area contributed by atoms with Crippen molar-refractivity contribution in [2.45, 2.75) is 6.16 Å². The molecule has 1 rings (SSSR count). The molecule has 0 radical (unpaired) electrons. The molecule has 0 saturated heterocycles. The fraction of sp³-hybridized carbons (Fsp3) is 0.250. The zero-order chi connectivity index (χ0) is 9.03. The SMILES string of the molecule is COP(O)(=S)Cc1ccccc1. The molecule has 0 aliphatic heterocycles. The van der Waals surface area contributed by atoms with Crippen LogP contribution >= 0.6 is 6.49 Å². The van der Waals surface area contributed by atoms with Crippen molar-refractivity contribution in [3.63, 3.8) is 0 Å². The third-order valence-corrected chi connectivity index (χ3v) is 3.68. The van der Waals surface area contributed by atoms with Crippen molar-refractivity contribution in [3.05, 3.63) is 35.9 Å². The van der Waals surface area contributed by atoms with Gasteiger partial charge in [-0.25, -0.2) is 0 Å². The maximum atomic E-state index is 9.48. The summed E-state index contributed by atoms with van der Waals surface area (Å²) in [6.07, 6.45) is 0.444. The zero-order valence-corrected chi connectivity index (χ0v) is 8.52. The molecule has 0 aliphatic rings. The van der Waals surface area contributed by atoms with E-state index in [0.29, 0.717) is 6.16 Å². The molecule has 0 amide bonds. The molecule has 0 aliphatic carbocycles. The van der Waals surface area contributed by atoms with Gasteiger partial charge in [-0.05, 0) is 17.4 Å². The van der Waals surface area contributed by atoms with E-state index in [9.17, 15) is 4.89 Å². The topological polar surface area (TPSA) is 29.5 Å². The van der Waals surface area contributed by atoms with Gasteiger partial charge in [-0.3, -0.25) is 0 Å². The van der Waals surface area contributed by atoms with Crippen molar-refractivity contribution >= 4 is 18.3 Å². The predicted molar refractivity (Wildman–Crippen MR) is 53.7 cm³/mol. The molecule has 12 heavy (non-hydrogen) atoms. The van der Waals surface area contributed by atoms with Crippen LogP contribution in [0.3, 0.4) is 0 Å². The lowest BCUT2D eigenvalue weighted by atomic mass is 10.2. The first-order valence-electron chi connectivity index (χ1n) is 3.55. The van der Waals surface area contributed by atoms with Gasteiger partial charge in [-0.15, -0.1) is 0 Å². The van der Waals surface area contributed by atoms with Crippen molar-refractivity contribution in [3.8, 4) is 0 Å². The van der Waals surface area contributed by atoms with Crippen LogP contribution < -0.4 is 0 Å². The van der Waals surface area contributed by atoms with Crippen LogP contribution in [0.4, 0.5) is 0 Å². The Morgan fingerprint density at radius 2 is 2.00 bits per heavy atom. The van der Waals surface area contributed by atoms with E-state index in [0.717, 1.165) is 5.56 Å². The fourth-order valence-corrected chi connectivity index (χ4v) is 2.13. The average Bonchev–Trinajstić information content (AvgIpc) is 2.06. The highest BCUT2D eigenvalue weighted by Crippen LogP contribution is 2.44. The second kappa shape index (κ2) is 4.15. The standard InChI is InChI=1S/C8H11O2PS/c1-10-11(9,12)7-8-5-3-2-4-6-8/h2-6H,7H2,1H3,(H,9,12). The molecule has 0 fully saturated rings. The maximum absolute atomic E-state index is 9.48. The highest BCUT2D eigenvalue weighted by atomic mass is 32.5. The molecule has 0 bridgehead atoms. The van der Waals surface area contributed by atoms with Crippen LogP contribution in [0.5, 0.6) is 0 Å². The molecular formula is C8H11O2PS. The van der Waals surface area contributed by atoms with Crippen LogP contribution in [0, 0.1) is 0 Å². The number of hydrogen-bond donors (Lipinski definition) is 1. The quantitative estimate of drug-likeness (QED) is 0.761. The van der Waals surface area contributed by atoms with E-state index >= 15 is 0 Å². The average molecular weight is 202 g/mol. The number of rotatable bonds is 3. The molecule has 1 aromatic carbocycles. The van der Waals surface area contributed by atoms with E-state index in [1.165, 1.54) is 7.11 Å². The zero-order valence-electron chi connectivity index (χ0n) is 6.80. The van der Waals surface area contributed by atoms with Gasteiger partial charge < -0.3 is 9.42 Å². The molecule has 4 heteroatoms. The van der Waals surface area contributed by atoms with E-state index in [1.807, 2.05) is 30.3 Å². The maximum Gasteiger partial charge on any atom is 0.190 e. The predicted octanol–water partition coefficient (Wildman–Crippen LogP) is 2.13. The third kappa shape index (κ3) is 3.03. The first kappa shape index (κ1) is 9.87. The highest BCUT2D eigenvalue weighted by Gasteiger charge is 2.11. The summed E-state index contributed by atoms with van der Waals surface area (Å²) in [6.45, 7) is -2.56. The summed E-state index contributed by atoms with van der Waals surface area (Å²) in [6, 6.07) is 9.62. The van der Waals surface area contributed by atoms with Crippen LogP contribution in [0.1, 0.15) is 5.56 Å². The molecule has 1 N–H and O–H groups in total. The molecule has 0 spiro atoms. The van der Waals surface area contributed by atoms with Gasteiger partial charge in [0, 0.05) is 13.3 Å². The summed E-state index contributed by atoms with van der Waals surface area (Å²) < 4.78 is 4.82. The Bertz CT molecular complexity index is 286. The van der Waals surface area contributed by atoms with Crippen LogP contribution in [-0.2, 0) is 22.5 Å². The minimum atomic E-state index is -2.56. The van der Waals surface area contributed by atoms with Crippen LogP contribution in [0.15, 0.2) is 30.3 Å². The number of hydrogen-bond acceptors (Lipinski definition) is 2. The lowest BCUT2D eigenvalue weighted by Crippen LogP contribution is -1.88. The van der Waals surface area contributed by atoms with Crippen molar-refractivity contribution in [1.29, 1.82) is 0 Å².